The molecule has 1 aromatic rings. The van der Waals surface area contributed by atoms with Gasteiger partial charge in [-0.1, -0.05) is 0 Å². The molecule has 2 N–H and O–H groups in total. The van der Waals surface area contributed by atoms with Crippen molar-refractivity contribution in [3.8, 4) is 5.75 Å². The van der Waals surface area contributed by atoms with Crippen LogP contribution < -0.4 is 10.5 Å². The Balaban J connectivity index is 1.69. The summed E-state index contributed by atoms with van der Waals surface area (Å²) in [5.74, 6) is 0.953. The largest absolute Gasteiger partial charge is 0.493 e. The van der Waals surface area contributed by atoms with Crippen LogP contribution in [0.2, 0.25) is 0 Å². The lowest BCUT2D eigenvalue weighted by Crippen LogP contribution is -2.40. The topological polar surface area (TPSA) is 55.6 Å². The van der Waals surface area contributed by atoms with Gasteiger partial charge in [0.1, 0.15) is 11.6 Å². The molecule has 0 radical (unpaired) electrons. The third-order valence-corrected chi connectivity index (χ3v) is 3.70. The summed E-state index contributed by atoms with van der Waals surface area (Å²) in [5.41, 5.74) is 5.63. The van der Waals surface area contributed by atoms with Gasteiger partial charge in [-0.05, 0) is 49.6 Å². The molecular weight excluding hydrogens is 259 g/mol. The van der Waals surface area contributed by atoms with E-state index < -0.39 is 0 Å². The van der Waals surface area contributed by atoms with Gasteiger partial charge in [-0.25, -0.2) is 4.39 Å². The highest BCUT2D eigenvalue weighted by atomic mass is 19.1. The molecule has 1 saturated heterocycles. The lowest BCUT2D eigenvalue weighted by atomic mass is 9.97. The zero-order chi connectivity index (χ0) is 14.4. The van der Waals surface area contributed by atoms with Gasteiger partial charge in [0.05, 0.1) is 13.0 Å². The number of rotatable bonds is 5. The van der Waals surface area contributed by atoms with E-state index in [-0.39, 0.29) is 11.7 Å². The van der Waals surface area contributed by atoms with Crippen LogP contribution in [-0.2, 0) is 4.79 Å². The second kappa shape index (κ2) is 7.24. The normalized spacial score (nSPS) is 16.2. The molecule has 0 atom stereocenters. The molecule has 1 heterocycles. The zero-order valence-corrected chi connectivity index (χ0v) is 11.6. The van der Waals surface area contributed by atoms with Gasteiger partial charge >= 0.3 is 0 Å². The monoisotopic (exact) mass is 280 g/mol. The van der Waals surface area contributed by atoms with Gasteiger partial charge in [-0.2, -0.15) is 0 Å². The predicted octanol–water partition coefficient (Wildman–Crippen LogP) is 1.79. The van der Waals surface area contributed by atoms with Crippen molar-refractivity contribution in [3.63, 3.8) is 0 Å². The Labute approximate surface area is 118 Å². The van der Waals surface area contributed by atoms with Crippen LogP contribution in [0.5, 0.6) is 5.75 Å². The minimum absolute atomic E-state index is 0.114. The SMILES string of the molecule is NCC1CCN(C(=O)CCOc2ccc(F)cc2)CC1. The first-order chi connectivity index (χ1) is 9.69. The summed E-state index contributed by atoms with van der Waals surface area (Å²) in [7, 11) is 0. The molecule has 1 aliphatic heterocycles. The molecule has 0 aromatic heterocycles. The van der Waals surface area contributed by atoms with E-state index in [0.717, 1.165) is 25.9 Å². The molecule has 0 bridgehead atoms. The zero-order valence-electron chi connectivity index (χ0n) is 11.6. The van der Waals surface area contributed by atoms with Gasteiger partial charge in [0.2, 0.25) is 5.91 Å². The van der Waals surface area contributed by atoms with E-state index in [1.54, 1.807) is 12.1 Å². The van der Waals surface area contributed by atoms with E-state index in [9.17, 15) is 9.18 Å². The average molecular weight is 280 g/mol. The van der Waals surface area contributed by atoms with E-state index in [2.05, 4.69) is 0 Å². The standard InChI is InChI=1S/C15H21FN2O2/c16-13-1-3-14(4-2-13)20-10-7-15(19)18-8-5-12(11-17)6-9-18/h1-4,12H,5-11,17H2. The van der Waals surface area contributed by atoms with E-state index in [4.69, 9.17) is 10.5 Å². The number of likely N-dealkylation sites (tertiary alicyclic amines) is 1. The maximum absolute atomic E-state index is 12.7. The van der Waals surface area contributed by atoms with Gasteiger partial charge in [0.15, 0.2) is 0 Å². The molecule has 0 spiro atoms. The summed E-state index contributed by atoms with van der Waals surface area (Å²) in [6.45, 7) is 2.60. The van der Waals surface area contributed by atoms with Crippen molar-refractivity contribution in [2.24, 2.45) is 11.7 Å². The lowest BCUT2D eigenvalue weighted by molar-refractivity contribution is -0.133. The first-order valence-corrected chi connectivity index (χ1v) is 7.05. The molecule has 0 saturated carbocycles. The first-order valence-electron chi connectivity index (χ1n) is 7.05. The molecule has 1 aromatic carbocycles. The molecule has 4 nitrogen and oxygen atoms in total. The maximum atomic E-state index is 12.7. The van der Waals surface area contributed by atoms with Crippen LogP contribution >= 0.6 is 0 Å². The van der Waals surface area contributed by atoms with Crippen LogP contribution in [0, 0.1) is 11.7 Å². The predicted molar refractivity (Wildman–Crippen MR) is 74.9 cm³/mol. The van der Waals surface area contributed by atoms with Crippen LogP contribution in [0.3, 0.4) is 0 Å². The number of benzene rings is 1. The second-order valence-electron chi connectivity index (χ2n) is 5.11. The fourth-order valence-corrected chi connectivity index (χ4v) is 2.36. The lowest BCUT2D eigenvalue weighted by Gasteiger charge is -2.31. The minimum atomic E-state index is -0.295. The average Bonchev–Trinajstić information content (AvgIpc) is 2.49. The molecule has 0 aliphatic carbocycles. The van der Waals surface area contributed by atoms with Crippen molar-refractivity contribution in [1.29, 1.82) is 0 Å². The van der Waals surface area contributed by atoms with E-state index in [1.165, 1.54) is 12.1 Å². The van der Waals surface area contributed by atoms with E-state index in [1.807, 2.05) is 4.90 Å². The summed E-state index contributed by atoms with van der Waals surface area (Å²) < 4.78 is 18.1. The molecule has 1 aliphatic rings. The number of carbonyl (C=O) groups excluding carboxylic acids is 1. The van der Waals surface area contributed by atoms with Crippen LogP contribution in [0.4, 0.5) is 4.39 Å². The van der Waals surface area contributed by atoms with E-state index in [0.29, 0.717) is 31.2 Å². The molecule has 1 fully saturated rings. The number of nitrogens with zero attached hydrogens (tertiary/aromatic N) is 1. The fourth-order valence-electron chi connectivity index (χ4n) is 2.36. The number of hydrogen-bond acceptors (Lipinski definition) is 3. The fraction of sp³-hybridized carbons (Fsp3) is 0.533. The van der Waals surface area contributed by atoms with Crippen molar-refractivity contribution >= 4 is 5.91 Å². The summed E-state index contributed by atoms with van der Waals surface area (Å²) in [6, 6.07) is 5.81. The molecule has 20 heavy (non-hydrogen) atoms. The van der Waals surface area contributed by atoms with Crippen molar-refractivity contribution in [3.05, 3.63) is 30.1 Å². The Kier molecular flexibility index (Phi) is 5.35. The third kappa shape index (κ3) is 4.20. The number of piperidine rings is 1. The summed E-state index contributed by atoms with van der Waals surface area (Å²) in [6.07, 6.45) is 2.33. The quantitative estimate of drug-likeness (QED) is 0.894. The van der Waals surface area contributed by atoms with Crippen molar-refractivity contribution in [2.75, 3.05) is 26.2 Å². The molecule has 5 heteroatoms. The highest BCUT2D eigenvalue weighted by molar-refractivity contribution is 5.76. The highest BCUT2D eigenvalue weighted by Crippen LogP contribution is 2.17. The number of ether oxygens (including phenoxy) is 1. The van der Waals surface area contributed by atoms with Crippen LogP contribution in [-0.4, -0.2) is 37.0 Å². The number of nitrogens with two attached hydrogens (primary N) is 1. The smallest absolute Gasteiger partial charge is 0.225 e. The Bertz CT molecular complexity index is 428. The second-order valence-corrected chi connectivity index (χ2v) is 5.11. The molecule has 2 rings (SSSR count). The Morgan fingerprint density at radius 2 is 1.95 bits per heavy atom. The summed E-state index contributed by atoms with van der Waals surface area (Å²) in [4.78, 5) is 13.9. The minimum Gasteiger partial charge on any atom is -0.493 e. The van der Waals surface area contributed by atoms with Crippen LogP contribution in [0.15, 0.2) is 24.3 Å². The van der Waals surface area contributed by atoms with Gasteiger partial charge in [-0.15, -0.1) is 0 Å². The Morgan fingerprint density at radius 3 is 2.55 bits per heavy atom. The number of halogens is 1. The Hall–Kier alpha value is -1.62. The summed E-state index contributed by atoms with van der Waals surface area (Å²) in [5, 5.41) is 0. The number of carbonyl (C=O) groups is 1. The maximum Gasteiger partial charge on any atom is 0.225 e. The molecule has 1 amide bonds. The molecular formula is C15H21FN2O2. The van der Waals surface area contributed by atoms with Gasteiger partial charge < -0.3 is 15.4 Å². The van der Waals surface area contributed by atoms with Gasteiger partial charge in [0, 0.05) is 13.1 Å². The van der Waals surface area contributed by atoms with Crippen molar-refractivity contribution in [1.82, 2.24) is 4.90 Å². The van der Waals surface area contributed by atoms with Gasteiger partial charge in [-0.3, -0.25) is 4.79 Å². The van der Waals surface area contributed by atoms with Crippen LogP contribution in [0.1, 0.15) is 19.3 Å². The highest BCUT2D eigenvalue weighted by Gasteiger charge is 2.21. The number of amides is 1. The van der Waals surface area contributed by atoms with Crippen molar-refractivity contribution < 1.29 is 13.9 Å². The Morgan fingerprint density at radius 1 is 1.30 bits per heavy atom. The molecule has 0 unspecified atom stereocenters. The summed E-state index contributed by atoms with van der Waals surface area (Å²) >= 11 is 0. The van der Waals surface area contributed by atoms with Gasteiger partial charge in [0.25, 0.3) is 0 Å². The van der Waals surface area contributed by atoms with E-state index >= 15 is 0 Å². The first kappa shape index (κ1) is 14.8. The van der Waals surface area contributed by atoms with Crippen molar-refractivity contribution in [2.45, 2.75) is 19.3 Å². The number of hydrogen-bond donors (Lipinski definition) is 1. The molecule has 110 valence electrons. The third-order valence-electron chi connectivity index (χ3n) is 3.70. The van der Waals surface area contributed by atoms with Crippen LogP contribution in [0.25, 0.3) is 0 Å².